The molecule has 0 atom stereocenters. The second-order valence-electron chi connectivity index (χ2n) is 6.94. The van der Waals surface area contributed by atoms with Crippen LogP contribution in [-0.2, 0) is 9.53 Å². The number of rotatable bonds is 6. The second-order valence-corrected chi connectivity index (χ2v) is 6.94. The van der Waals surface area contributed by atoms with Crippen LogP contribution in [0.5, 0.6) is 5.75 Å². The second kappa shape index (κ2) is 8.56. The Kier molecular flexibility index (Phi) is 5.93. The van der Waals surface area contributed by atoms with Crippen molar-refractivity contribution in [1.29, 1.82) is 0 Å². The van der Waals surface area contributed by atoms with Gasteiger partial charge >= 0.3 is 5.97 Å². The smallest absolute Gasteiger partial charge is 0.342 e. The number of phenolic OH excluding ortho intramolecular Hbond substituents is 1. The number of fused-ring (bicyclic) bond motifs is 1. The zero-order chi connectivity index (χ0) is 21.0. The first-order valence-corrected chi connectivity index (χ1v) is 9.18. The molecule has 0 saturated heterocycles. The minimum atomic E-state index is -0.776. The Bertz CT molecular complexity index is 1070. The van der Waals surface area contributed by atoms with Crippen LogP contribution in [0, 0.1) is 5.92 Å². The summed E-state index contributed by atoms with van der Waals surface area (Å²) in [7, 11) is 0. The highest BCUT2D eigenvalue weighted by atomic mass is 16.5. The van der Waals surface area contributed by atoms with Gasteiger partial charge in [0.2, 0.25) is 5.91 Å². The van der Waals surface area contributed by atoms with Gasteiger partial charge in [0, 0.05) is 17.2 Å². The fourth-order valence-electron chi connectivity index (χ4n) is 2.71. The van der Waals surface area contributed by atoms with E-state index in [-0.39, 0.29) is 28.9 Å². The molecule has 0 heterocycles. The number of nitrogens with one attached hydrogen (secondary N) is 1. The van der Waals surface area contributed by atoms with E-state index in [9.17, 15) is 19.5 Å². The summed E-state index contributed by atoms with van der Waals surface area (Å²) in [6.07, 6.45) is 0. The van der Waals surface area contributed by atoms with Gasteiger partial charge in [0.15, 0.2) is 12.4 Å². The number of Topliss-reactive ketones (excluding diaryl/α,β-unsaturated/α-hetero) is 1. The Morgan fingerprint density at radius 2 is 1.59 bits per heavy atom. The third kappa shape index (κ3) is 4.79. The minimum absolute atomic E-state index is 0.00301. The fourth-order valence-corrected chi connectivity index (χ4v) is 2.71. The first-order valence-electron chi connectivity index (χ1n) is 9.18. The molecule has 0 spiro atoms. The zero-order valence-corrected chi connectivity index (χ0v) is 16.1. The highest BCUT2D eigenvalue weighted by molar-refractivity contribution is 6.02. The standard InChI is InChI=1S/C23H21NO5/c1-14(2)22(27)24-18-9-7-15(8-10-18)21(26)13-29-23(28)19-11-16-5-3-4-6-17(16)12-20(19)25/h3-12,14,25H,13H2,1-2H3,(H,24,27). The monoisotopic (exact) mass is 391 g/mol. The van der Waals surface area contributed by atoms with E-state index in [0.29, 0.717) is 11.3 Å². The number of esters is 1. The summed E-state index contributed by atoms with van der Waals surface area (Å²) in [5, 5.41) is 14.4. The molecule has 6 heteroatoms. The van der Waals surface area contributed by atoms with E-state index < -0.39 is 12.6 Å². The normalized spacial score (nSPS) is 10.7. The van der Waals surface area contributed by atoms with Crippen molar-refractivity contribution in [3.05, 3.63) is 71.8 Å². The van der Waals surface area contributed by atoms with Crippen LogP contribution in [0.2, 0.25) is 0 Å². The molecule has 3 aromatic rings. The van der Waals surface area contributed by atoms with Crippen LogP contribution >= 0.6 is 0 Å². The molecule has 0 aliphatic rings. The summed E-state index contributed by atoms with van der Waals surface area (Å²) in [5.74, 6) is -1.63. The van der Waals surface area contributed by atoms with Crippen molar-refractivity contribution in [3.63, 3.8) is 0 Å². The maximum Gasteiger partial charge on any atom is 0.342 e. The lowest BCUT2D eigenvalue weighted by Crippen LogP contribution is -2.18. The molecule has 29 heavy (non-hydrogen) atoms. The summed E-state index contributed by atoms with van der Waals surface area (Å²) < 4.78 is 5.08. The van der Waals surface area contributed by atoms with Gasteiger partial charge in [-0.05, 0) is 47.2 Å². The molecule has 1 amide bonds. The molecule has 0 saturated carbocycles. The summed E-state index contributed by atoms with van der Waals surface area (Å²) in [4.78, 5) is 36.3. The van der Waals surface area contributed by atoms with Crippen LogP contribution in [0.15, 0.2) is 60.7 Å². The minimum Gasteiger partial charge on any atom is -0.507 e. The van der Waals surface area contributed by atoms with Crippen LogP contribution in [0.4, 0.5) is 5.69 Å². The van der Waals surface area contributed by atoms with Crippen molar-refractivity contribution in [1.82, 2.24) is 0 Å². The highest BCUT2D eigenvalue weighted by Crippen LogP contribution is 2.25. The average Bonchev–Trinajstić information content (AvgIpc) is 2.71. The Labute approximate surface area is 168 Å². The lowest BCUT2D eigenvalue weighted by atomic mass is 10.1. The number of hydrogen-bond donors (Lipinski definition) is 2. The average molecular weight is 391 g/mol. The van der Waals surface area contributed by atoms with E-state index >= 15 is 0 Å². The van der Waals surface area contributed by atoms with E-state index in [4.69, 9.17) is 4.74 Å². The van der Waals surface area contributed by atoms with Crippen LogP contribution in [0.3, 0.4) is 0 Å². The van der Waals surface area contributed by atoms with E-state index in [1.54, 1.807) is 38.1 Å². The SMILES string of the molecule is CC(C)C(=O)Nc1ccc(C(=O)COC(=O)c2cc3ccccc3cc2O)cc1. The number of ether oxygens (including phenoxy) is 1. The van der Waals surface area contributed by atoms with Crippen molar-refractivity contribution in [2.75, 3.05) is 11.9 Å². The number of hydrogen-bond acceptors (Lipinski definition) is 5. The van der Waals surface area contributed by atoms with Gasteiger partial charge in [0.1, 0.15) is 11.3 Å². The summed E-state index contributed by atoms with van der Waals surface area (Å²) in [6, 6.07) is 16.6. The molecule has 0 radical (unpaired) electrons. The van der Waals surface area contributed by atoms with Crippen molar-refractivity contribution in [3.8, 4) is 5.75 Å². The highest BCUT2D eigenvalue weighted by Gasteiger charge is 2.16. The number of carbonyl (C=O) groups is 3. The van der Waals surface area contributed by atoms with Gasteiger partial charge < -0.3 is 15.2 Å². The van der Waals surface area contributed by atoms with Crippen molar-refractivity contribution < 1.29 is 24.2 Å². The number of carbonyl (C=O) groups excluding carboxylic acids is 3. The fraction of sp³-hybridized carbons (Fsp3) is 0.174. The molecule has 0 aliphatic carbocycles. The molecule has 0 unspecified atom stereocenters. The molecular weight excluding hydrogens is 370 g/mol. The maximum atomic E-state index is 12.3. The molecule has 0 bridgehead atoms. The Balaban J connectivity index is 1.64. The number of phenols is 1. The first kappa shape index (κ1) is 20.1. The predicted molar refractivity (Wildman–Crippen MR) is 110 cm³/mol. The van der Waals surface area contributed by atoms with Crippen LogP contribution in [0.25, 0.3) is 10.8 Å². The molecule has 6 nitrogen and oxygen atoms in total. The van der Waals surface area contributed by atoms with Gasteiger partial charge in [-0.25, -0.2) is 4.79 Å². The van der Waals surface area contributed by atoms with Crippen molar-refractivity contribution in [2.45, 2.75) is 13.8 Å². The van der Waals surface area contributed by atoms with Gasteiger partial charge in [-0.1, -0.05) is 38.1 Å². The van der Waals surface area contributed by atoms with Crippen molar-refractivity contribution in [2.24, 2.45) is 5.92 Å². The molecule has 148 valence electrons. The molecule has 3 aromatic carbocycles. The molecule has 2 N–H and O–H groups in total. The summed E-state index contributed by atoms with van der Waals surface area (Å²) in [6.45, 7) is 3.12. The predicted octanol–water partition coefficient (Wildman–Crippen LogP) is 4.18. The third-order valence-corrected chi connectivity index (χ3v) is 4.42. The summed E-state index contributed by atoms with van der Waals surface area (Å²) in [5.41, 5.74) is 0.935. The number of benzene rings is 3. The van der Waals surface area contributed by atoms with E-state index in [2.05, 4.69) is 5.32 Å². The molecule has 0 aromatic heterocycles. The zero-order valence-electron chi connectivity index (χ0n) is 16.1. The quantitative estimate of drug-likeness (QED) is 0.486. The van der Waals surface area contributed by atoms with E-state index in [0.717, 1.165) is 10.8 Å². The van der Waals surface area contributed by atoms with E-state index in [1.165, 1.54) is 12.1 Å². The number of ketones is 1. The number of anilines is 1. The van der Waals surface area contributed by atoms with Gasteiger partial charge in [-0.3, -0.25) is 9.59 Å². The molecule has 0 aliphatic heterocycles. The van der Waals surface area contributed by atoms with Crippen molar-refractivity contribution >= 4 is 34.1 Å². The van der Waals surface area contributed by atoms with E-state index in [1.807, 2.05) is 24.3 Å². The molecule has 3 rings (SSSR count). The lowest BCUT2D eigenvalue weighted by Gasteiger charge is -2.09. The van der Waals surface area contributed by atoms with Gasteiger partial charge in [-0.15, -0.1) is 0 Å². The van der Waals surface area contributed by atoms with Gasteiger partial charge in [-0.2, -0.15) is 0 Å². The maximum absolute atomic E-state index is 12.3. The van der Waals surface area contributed by atoms with Crippen LogP contribution in [0.1, 0.15) is 34.6 Å². The lowest BCUT2D eigenvalue weighted by molar-refractivity contribution is -0.118. The topological polar surface area (TPSA) is 92.7 Å². The first-order chi connectivity index (χ1) is 13.8. The third-order valence-electron chi connectivity index (χ3n) is 4.42. The largest absolute Gasteiger partial charge is 0.507 e. The Morgan fingerprint density at radius 1 is 0.966 bits per heavy atom. The molecule has 0 fully saturated rings. The van der Waals surface area contributed by atoms with Crippen LogP contribution in [-0.4, -0.2) is 29.4 Å². The molecular formula is C23H21NO5. The van der Waals surface area contributed by atoms with Gasteiger partial charge in [0.25, 0.3) is 0 Å². The number of amides is 1. The number of aromatic hydroxyl groups is 1. The van der Waals surface area contributed by atoms with Gasteiger partial charge in [0.05, 0.1) is 0 Å². The summed E-state index contributed by atoms with van der Waals surface area (Å²) >= 11 is 0. The Morgan fingerprint density at radius 3 is 2.21 bits per heavy atom. The Hall–Kier alpha value is -3.67. The van der Waals surface area contributed by atoms with Crippen LogP contribution < -0.4 is 5.32 Å².